The molecule has 1 aromatic rings. The third-order valence-electron chi connectivity index (χ3n) is 5.24. The number of ether oxygens (including phenoxy) is 1. The normalized spacial score (nSPS) is 23.9. The molecule has 0 spiro atoms. The molecule has 2 aliphatic rings. The molecule has 0 radical (unpaired) electrons. The van der Waals surface area contributed by atoms with Crippen LogP contribution in [-0.2, 0) is 9.59 Å². The van der Waals surface area contributed by atoms with Crippen LogP contribution in [0, 0.1) is 12.8 Å². The van der Waals surface area contributed by atoms with Gasteiger partial charge in [-0.1, -0.05) is 6.07 Å². The Morgan fingerprint density at radius 2 is 2.12 bits per heavy atom. The molecule has 2 aliphatic heterocycles. The van der Waals surface area contributed by atoms with E-state index in [1.54, 1.807) is 12.0 Å². The predicted molar refractivity (Wildman–Crippen MR) is 96.9 cm³/mol. The molecule has 2 atom stereocenters. The summed E-state index contributed by atoms with van der Waals surface area (Å²) in [6.07, 6.45) is 2.38. The number of nitrogens with zero attached hydrogens (tertiary/aromatic N) is 2. The van der Waals surface area contributed by atoms with E-state index in [-0.39, 0.29) is 24.2 Å². The van der Waals surface area contributed by atoms with Gasteiger partial charge in [0.05, 0.1) is 18.7 Å². The number of carbonyl (C=O) groups excluding carboxylic acids is 2. The average molecular weight is 345 g/mol. The minimum Gasteiger partial charge on any atom is -0.495 e. The van der Waals surface area contributed by atoms with Crippen LogP contribution in [0.15, 0.2) is 18.2 Å². The van der Waals surface area contributed by atoms with Gasteiger partial charge in [-0.05, 0) is 44.5 Å². The first kappa shape index (κ1) is 17.7. The standard InChI is InChI=1S/C19H27N3O3/c1-13-6-7-17(25-3)16(9-13)22-11-14(10-18(22)23)19(24)21-8-4-5-15(12-21)20-2/h6-7,9,14-15,20H,4-5,8,10-12H2,1-3H3. The summed E-state index contributed by atoms with van der Waals surface area (Å²) in [4.78, 5) is 29.1. The summed E-state index contributed by atoms with van der Waals surface area (Å²) in [5.74, 6) is 0.487. The third kappa shape index (κ3) is 3.63. The maximum Gasteiger partial charge on any atom is 0.228 e. The fourth-order valence-electron chi connectivity index (χ4n) is 3.79. The molecule has 0 saturated carbocycles. The van der Waals surface area contributed by atoms with Crippen LogP contribution in [0.25, 0.3) is 0 Å². The Hall–Kier alpha value is -2.08. The highest BCUT2D eigenvalue weighted by Gasteiger charge is 2.39. The van der Waals surface area contributed by atoms with Crippen LogP contribution in [-0.4, -0.2) is 56.5 Å². The minimum absolute atomic E-state index is 0.00979. The fraction of sp³-hybridized carbons (Fsp3) is 0.579. The van der Waals surface area contributed by atoms with Crippen molar-refractivity contribution in [3.63, 3.8) is 0 Å². The molecule has 1 aromatic carbocycles. The van der Waals surface area contributed by atoms with Crippen molar-refractivity contribution >= 4 is 17.5 Å². The smallest absolute Gasteiger partial charge is 0.228 e. The van der Waals surface area contributed by atoms with Crippen LogP contribution in [0.5, 0.6) is 5.75 Å². The zero-order chi connectivity index (χ0) is 18.0. The van der Waals surface area contributed by atoms with Gasteiger partial charge in [-0.2, -0.15) is 0 Å². The summed E-state index contributed by atoms with van der Waals surface area (Å²) in [7, 11) is 3.53. The molecule has 0 bridgehead atoms. The van der Waals surface area contributed by atoms with Gasteiger partial charge in [0, 0.05) is 32.1 Å². The molecule has 25 heavy (non-hydrogen) atoms. The molecule has 6 heteroatoms. The summed E-state index contributed by atoms with van der Waals surface area (Å²) < 4.78 is 5.40. The van der Waals surface area contributed by atoms with Crippen LogP contribution in [0.1, 0.15) is 24.8 Å². The highest BCUT2D eigenvalue weighted by molar-refractivity contribution is 6.01. The van der Waals surface area contributed by atoms with Gasteiger partial charge in [-0.3, -0.25) is 9.59 Å². The zero-order valence-electron chi connectivity index (χ0n) is 15.2. The Balaban J connectivity index is 1.74. The number of methoxy groups -OCH3 is 1. The Kier molecular flexibility index (Phi) is 5.27. The van der Waals surface area contributed by atoms with Gasteiger partial charge in [0.2, 0.25) is 11.8 Å². The van der Waals surface area contributed by atoms with Gasteiger partial charge in [-0.15, -0.1) is 0 Å². The molecule has 0 aromatic heterocycles. The highest BCUT2D eigenvalue weighted by Crippen LogP contribution is 2.34. The van der Waals surface area contributed by atoms with E-state index in [0.29, 0.717) is 18.3 Å². The summed E-state index contributed by atoms with van der Waals surface area (Å²) in [5.41, 5.74) is 1.82. The van der Waals surface area contributed by atoms with E-state index in [0.717, 1.165) is 37.2 Å². The van der Waals surface area contributed by atoms with Gasteiger partial charge in [-0.25, -0.2) is 0 Å². The number of nitrogens with one attached hydrogen (secondary N) is 1. The molecule has 2 heterocycles. The predicted octanol–water partition coefficient (Wildman–Crippen LogP) is 1.57. The van der Waals surface area contributed by atoms with E-state index < -0.39 is 0 Å². The maximum atomic E-state index is 12.9. The molecule has 3 rings (SSSR count). The molecule has 2 amide bonds. The number of aryl methyl sites for hydroxylation is 1. The Bertz CT molecular complexity index is 661. The monoisotopic (exact) mass is 345 g/mol. The van der Waals surface area contributed by atoms with Gasteiger partial charge in [0.15, 0.2) is 0 Å². The van der Waals surface area contributed by atoms with Crippen molar-refractivity contribution < 1.29 is 14.3 Å². The number of likely N-dealkylation sites (tertiary alicyclic amines) is 1. The second kappa shape index (κ2) is 7.44. The van der Waals surface area contributed by atoms with E-state index in [1.807, 2.05) is 37.1 Å². The Labute approximate surface area is 149 Å². The fourth-order valence-corrected chi connectivity index (χ4v) is 3.79. The Morgan fingerprint density at radius 3 is 2.84 bits per heavy atom. The lowest BCUT2D eigenvalue weighted by Gasteiger charge is -2.34. The van der Waals surface area contributed by atoms with Crippen LogP contribution < -0.4 is 15.0 Å². The topological polar surface area (TPSA) is 61.9 Å². The summed E-state index contributed by atoms with van der Waals surface area (Å²) >= 11 is 0. The van der Waals surface area contributed by atoms with Crippen LogP contribution in [0.2, 0.25) is 0 Å². The summed E-state index contributed by atoms with van der Waals surface area (Å²) in [5, 5.41) is 3.26. The molecule has 2 fully saturated rings. The molecule has 1 N–H and O–H groups in total. The lowest BCUT2D eigenvalue weighted by Crippen LogP contribution is -2.49. The number of anilines is 1. The van der Waals surface area contributed by atoms with Crippen molar-refractivity contribution in [2.24, 2.45) is 5.92 Å². The van der Waals surface area contributed by atoms with E-state index in [1.165, 1.54) is 0 Å². The highest BCUT2D eigenvalue weighted by atomic mass is 16.5. The van der Waals surface area contributed by atoms with Crippen molar-refractivity contribution in [2.45, 2.75) is 32.2 Å². The number of hydrogen-bond donors (Lipinski definition) is 1. The van der Waals surface area contributed by atoms with Gasteiger partial charge in [0.1, 0.15) is 5.75 Å². The van der Waals surface area contributed by atoms with Crippen molar-refractivity contribution in [2.75, 3.05) is 38.7 Å². The number of piperidine rings is 1. The third-order valence-corrected chi connectivity index (χ3v) is 5.24. The van der Waals surface area contributed by atoms with Crippen LogP contribution >= 0.6 is 0 Å². The van der Waals surface area contributed by atoms with Gasteiger partial charge in [0.25, 0.3) is 0 Å². The van der Waals surface area contributed by atoms with E-state index >= 15 is 0 Å². The SMILES string of the molecule is CNC1CCCN(C(=O)C2CC(=O)N(c3cc(C)ccc3OC)C2)C1. The molecule has 0 aliphatic carbocycles. The number of hydrogen-bond acceptors (Lipinski definition) is 4. The lowest BCUT2D eigenvalue weighted by molar-refractivity contribution is -0.137. The zero-order valence-corrected chi connectivity index (χ0v) is 15.2. The molecular weight excluding hydrogens is 318 g/mol. The maximum absolute atomic E-state index is 12.9. The van der Waals surface area contributed by atoms with Crippen molar-refractivity contribution in [1.82, 2.24) is 10.2 Å². The average Bonchev–Trinajstić information content (AvgIpc) is 3.02. The quantitative estimate of drug-likeness (QED) is 0.900. The molecule has 2 saturated heterocycles. The number of likely N-dealkylation sites (N-methyl/N-ethyl adjacent to an activating group) is 1. The summed E-state index contributed by atoms with van der Waals surface area (Å²) in [6, 6.07) is 6.12. The number of rotatable bonds is 4. The molecule has 2 unspecified atom stereocenters. The van der Waals surface area contributed by atoms with Crippen LogP contribution in [0.4, 0.5) is 5.69 Å². The van der Waals surface area contributed by atoms with Crippen molar-refractivity contribution in [3.05, 3.63) is 23.8 Å². The first-order chi connectivity index (χ1) is 12.0. The second-order valence-electron chi connectivity index (χ2n) is 6.99. The molecule has 136 valence electrons. The van der Waals surface area contributed by atoms with Crippen molar-refractivity contribution in [3.8, 4) is 5.75 Å². The van der Waals surface area contributed by atoms with E-state index in [2.05, 4.69) is 5.32 Å². The number of benzene rings is 1. The van der Waals surface area contributed by atoms with E-state index in [4.69, 9.17) is 4.74 Å². The van der Waals surface area contributed by atoms with Crippen molar-refractivity contribution in [1.29, 1.82) is 0 Å². The lowest BCUT2D eigenvalue weighted by atomic mass is 10.0. The summed E-state index contributed by atoms with van der Waals surface area (Å²) in [6.45, 7) is 3.93. The van der Waals surface area contributed by atoms with Gasteiger partial charge < -0.3 is 19.9 Å². The largest absolute Gasteiger partial charge is 0.495 e. The van der Waals surface area contributed by atoms with Gasteiger partial charge >= 0.3 is 0 Å². The number of amides is 2. The first-order valence-corrected chi connectivity index (χ1v) is 8.94. The molecule has 6 nitrogen and oxygen atoms in total. The minimum atomic E-state index is -0.270. The van der Waals surface area contributed by atoms with E-state index in [9.17, 15) is 9.59 Å². The number of carbonyl (C=O) groups is 2. The first-order valence-electron chi connectivity index (χ1n) is 8.94. The van der Waals surface area contributed by atoms with Crippen LogP contribution in [0.3, 0.4) is 0 Å². The second-order valence-corrected chi connectivity index (χ2v) is 6.99. The Morgan fingerprint density at radius 1 is 1.32 bits per heavy atom. The molecular formula is C19H27N3O3.